The van der Waals surface area contributed by atoms with Gasteiger partial charge in [0.25, 0.3) is 0 Å². The minimum Gasteiger partial charge on any atom is -0.393 e. The second kappa shape index (κ2) is 5.82. The summed E-state index contributed by atoms with van der Waals surface area (Å²) in [7, 11) is -2.86. The van der Waals surface area contributed by atoms with E-state index in [9.17, 15) is 13.5 Å². The Morgan fingerprint density at radius 2 is 2.20 bits per heavy atom. The molecule has 0 saturated carbocycles. The van der Waals surface area contributed by atoms with Gasteiger partial charge in [-0.2, -0.15) is 0 Å². The first-order chi connectivity index (χ1) is 7.05. The van der Waals surface area contributed by atoms with E-state index in [2.05, 4.69) is 0 Å². The molecule has 0 spiro atoms. The Morgan fingerprint density at radius 3 is 2.80 bits per heavy atom. The number of sulfone groups is 1. The van der Waals surface area contributed by atoms with Gasteiger partial charge >= 0.3 is 0 Å². The molecule has 4 nitrogen and oxygen atoms in total. The van der Waals surface area contributed by atoms with Gasteiger partial charge in [0.1, 0.15) is 9.84 Å². The van der Waals surface area contributed by atoms with Gasteiger partial charge in [-0.25, -0.2) is 8.42 Å². The van der Waals surface area contributed by atoms with Crippen LogP contribution in [0, 0.1) is 5.92 Å². The van der Waals surface area contributed by atoms with Gasteiger partial charge < -0.3 is 9.84 Å². The van der Waals surface area contributed by atoms with Gasteiger partial charge in [0.2, 0.25) is 0 Å². The normalized spacial score (nSPS) is 27.9. The van der Waals surface area contributed by atoms with E-state index in [1.165, 1.54) is 0 Å². The molecule has 15 heavy (non-hydrogen) atoms. The summed E-state index contributed by atoms with van der Waals surface area (Å²) in [6.45, 7) is 2.84. The highest BCUT2D eigenvalue weighted by Crippen LogP contribution is 2.19. The van der Waals surface area contributed by atoms with Gasteiger partial charge in [-0.05, 0) is 19.3 Å². The molecule has 1 rings (SSSR count). The molecule has 5 heteroatoms. The Kier molecular flexibility index (Phi) is 5.02. The third-order valence-corrected chi connectivity index (χ3v) is 4.69. The molecule has 0 amide bonds. The Morgan fingerprint density at radius 1 is 1.47 bits per heavy atom. The van der Waals surface area contributed by atoms with Crippen molar-refractivity contribution in [2.75, 3.05) is 24.7 Å². The highest BCUT2D eigenvalue weighted by Gasteiger charge is 2.23. The predicted octanol–water partition coefficient (Wildman–Crippen LogP) is 0.599. The number of aliphatic hydroxyl groups excluding tert-OH is 1. The minimum atomic E-state index is -2.86. The molecular formula is C10H20O4S. The molecule has 1 N–H and O–H groups in total. The fourth-order valence-corrected chi connectivity index (χ4v) is 2.67. The van der Waals surface area contributed by atoms with Gasteiger partial charge in [-0.3, -0.25) is 0 Å². The van der Waals surface area contributed by atoms with Crippen LogP contribution in [0.4, 0.5) is 0 Å². The van der Waals surface area contributed by atoms with Crippen molar-refractivity contribution in [1.29, 1.82) is 0 Å². The van der Waals surface area contributed by atoms with Crippen LogP contribution < -0.4 is 0 Å². The first-order valence-corrected chi connectivity index (χ1v) is 7.33. The largest absolute Gasteiger partial charge is 0.393 e. The maximum atomic E-state index is 11.2. The average molecular weight is 236 g/mol. The highest BCUT2D eigenvalue weighted by atomic mass is 32.2. The maximum Gasteiger partial charge on any atom is 0.150 e. The van der Waals surface area contributed by atoms with E-state index in [1.54, 1.807) is 6.92 Å². The number of hydrogen-bond donors (Lipinski definition) is 1. The predicted molar refractivity (Wildman–Crippen MR) is 58.5 cm³/mol. The van der Waals surface area contributed by atoms with Crippen molar-refractivity contribution in [3.63, 3.8) is 0 Å². The molecule has 2 atom stereocenters. The summed E-state index contributed by atoms with van der Waals surface area (Å²) >= 11 is 0. The first-order valence-electron chi connectivity index (χ1n) is 5.51. The Bertz CT molecular complexity index is 273. The van der Waals surface area contributed by atoms with Crippen molar-refractivity contribution in [2.45, 2.75) is 32.3 Å². The van der Waals surface area contributed by atoms with E-state index >= 15 is 0 Å². The van der Waals surface area contributed by atoms with E-state index in [0.29, 0.717) is 26.1 Å². The molecule has 1 aliphatic heterocycles. The second-order valence-corrected chi connectivity index (χ2v) is 6.54. The summed E-state index contributed by atoms with van der Waals surface area (Å²) in [5.41, 5.74) is 0. The molecule has 1 heterocycles. The lowest BCUT2D eigenvalue weighted by Gasteiger charge is -2.27. The number of ether oxygens (including phenoxy) is 1. The zero-order chi connectivity index (χ0) is 11.3. The molecule has 1 fully saturated rings. The lowest BCUT2D eigenvalue weighted by atomic mass is 9.94. The van der Waals surface area contributed by atoms with Gasteiger partial charge in [0.15, 0.2) is 0 Å². The number of aliphatic hydroxyl groups is 1. The van der Waals surface area contributed by atoms with Crippen molar-refractivity contribution < 1.29 is 18.3 Å². The lowest BCUT2D eigenvalue weighted by molar-refractivity contribution is -0.0383. The van der Waals surface area contributed by atoms with Crippen molar-refractivity contribution in [3.05, 3.63) is 0 Å². The fourth-order valence-electron chi connectivity index (χ4n) is 1.77. The summed E-state index contributed by atoms with van der Waals surface area (Å²) in [6, 6.07) is 0. The van der Waals surface area contributed by atoms with Crippen LogP contribution in [0.1, 0.15) is 26.2 Å². The second-order valence-electron chi connectivity index (χ2n) is 4.07. The Hall–Kier alpha value is -0.130. The zero-order valence-corrected chi connectivity index (χ0v) is 10.0. The first kappa shape index (κ1) is 12.9. The van der Waals surface area contributed by atoms with Crippen LogP contribution in [0.3, 0.4) is 0 Å². The van der Waals surface area contributed by atoms with Crippen LogP contribution >= 0.6 is 0 Å². The molecule has 0 aromatic carbocycles. The molecule has 0 aliphatic carbocycles. The Balaban J connectivity index is 2.25. The fraction of sp³-hybridized carbons (Fsp3) is 1.00. The standard InChI is InChI=1S/C10H20O4S/c1-2-15(12,13)7-3-4-9-8-14-6-5-10(9)11/h9-11H,2-8H2,1H3. The zero-order valence-electron chi connectivity index (χ0n) is 9.18. The summed E-state index contributed by atoms with van der Waals surface area (Å²) in [5.74, 6) is 0.550. The van der Waals surface area contributed by atoms with Crippen molar-refractivity contribution >= 4 is 9.84 Å². The van der Waals surface area contributed by atoms with Crippen LogP contribution in [0.25, 0.3) is 0 Å². The molecule has 0 aromatic rings. The van der Waals surface area contributed by atoms with E-state index in [0.717, 1.165) is 6.42 Å². The van der Waals surface area contributed by atoms with Gasteiger partial charge in [-0.15, -0.1) is 0 Å². The smallest absolute Gasteiger partial charge is 0.150 e. The van der Waals surface area contributed by atoms with Gasteiger partial charge in [0.05, 0.1) is 18.5 Å². The number of rotatable bonds is 5. The minimum absolute atomic E-state index is 0.116. The Labute approximate surface area is 91.6 Å². The summed E-state index contributed by atoms with van der Waals surface area (Å²) in [4.78, 5) is 0. The molecule has 0 aromatic heterocycles. The summed E-state index contributed by atoms with van der Waals surface area (Å²) in [6.07, 6.45) is 1.72. The van der Waals surface area contributed by atoms with Gasteiger partial charge in [-0.1, -0.05) is 6.92 Å². The maximum absolute atomic E-state index is 11.2. The third kappa shape index (κ3) is 4.49. The van der Waals surface area contributed by atoms with Crippen LogP contribution in [0.15, 0.2) is 0 Å². The molecular weight excluding hydrogens is 216 g/mol. The topological polar surface area (TPSA) is 63.6 Å². The van der Waals surface area contributed by atoms with Crippen LogP contribution in [-0.2, 0) is 14.6 Å². The molecule has 2 unspecified atom stereocenters. The summed E-state index contributed by atoms with van der Waals surface area (Å²) in [5, 5.41) is 9.63. The lowest BCUT2D eigenvalue weighted by Crippen LogP contribution is -2.32. The molecule has 0 bridgehead atoms. The highest BCUT2D eigenvalue weighted by molar-refractivity contribution is 7.91. The summed E-state index contributed by atoms with van der Waals surface area (Å²) < 4.78 is 27.7. The molecule has 1 aliphatic rings. The van der Waals surface area contributed by atoms with Crippen LogP contribution in [0.2, 0.25) is 0 Å². The number of hydrogen-bond acceptors (Lipinski definition) is 4. The van der Waals surface area contributed by atoms with E-state index in [4.69, 9.17) is 4.74 Å². The van der Waals surface area contributed by atoms with Gasteiger partial charge in [0, 0.05) is 18.3 Å². The quantitative estimate of drug-likeness (QED) is 0.759. The molecule has 0 radical (unpaired) electrons. The van der Waals surface area contributed by atoms with Crippen molar-refractivity contribution in [1.82, 2.24) is 0 Å². The van der Waals surface area contributed by atoms with E-state index in [1.807, 2.05) is 0 Å². The van der Waals surface area contributed by atoms with Crippen LogP contribution in [0.5, 0.6) is 0 Å². The van der Waals surface area contributed by atoms with Crippen LogP contribution in [-0.4, -0.2) is 44.3 Å². The van der Waals surface area contributed by atoms with Crippen molar-refractivity contribution in [2.24, 2.45) is 5.92 Å². The van der Waals surface area contributed by atoms with E-state index in [-0.39, 0.29) is 23.5 Å². The third-order valence-electron chi connectivity index (χ3n) is 2.90. The van der Waals surface area contributed by atoms with E-state index < -0.39 is 9.84 Å². The monoisotopic (exact) mass is 236 g/mol. The average Bonchev–Trinajstić information content (AvgIpc) is 2.21. The SMILES string of the molecule is CCS(=O)(=O)CCCC1COCCC1O. The van der Waals surface area contributed by atoms with Crippen molar-refractivity contribution in [3.8, 4) is 0 Å². The molecule has 90 valence electrons. The molecule has 1 saturated heterocycles.